The molecule has 0 aliphatic heterocycles. The fraction of sp³-hybridized carbons (Fsp3) is 0.944. The Hall–Kier alpha value is -1.34. The first-order valence-electron chi connectivity index (χ1n) is 18.5. The molecule has 0 heterocycles. The van der Waals surface area contributed by atoms with Crippen molar-refractivity contribution in [3.63, 3.8) is 0 Å². The van der Waals surface area contributed by atoms with E-state index in [1.807, 2.05) is 0 Å². The van der Waals surface area contributed by atoms with Gasteiger partial charge in [0.2, 0.25) is 0 Å². The molecule has 0 atom stereocenters. The Morgan fingerprint density at radius 3 is 0.894 bits per heavy atom. The van der Waals surface area contributed by atoms with Gasteiger partial charge in [0.05, 0.1) is 92.5 Å². The highest BCUT2D eigenvalue weighted by atomic mass is 16.6. The lowest BCUT2D eigenvalue weighted by Gasteiger charge is -2.09. The van der Waals surface area contributed by atoms with Gasteiger partial charge in [-0.1, -0.05) is 96.8 Å². The number of esters is 2. The minimum absolute atomic E-state index is 0.132. The molecule has 0 N–H and O–H groups in total. The molecular formula is C36H70O11. The molecule has 0 spiro atoms. The van der Waals surface area contributed by atoms with Gasteiger partial charge in [0.1, 0.15) is 13.2 Å². The first-order chi connectivity index (χ1) is 23.2. The normalized spacial score (nSPS) is 11.3. The van der Waals surface area contributed by atoms with E-state index in [2.05, 4.69) is 6.92 Å². The molecule has 0 unspecified atom stereocenters. The second kappa shape index (κ2) is 40.8. The molecule has 47 heavy (non-hydrogen) atoms. The number of unbranched alkanes of at least 4 members (excludes halogenated alkanes) is 14. The summed E-state index contributed by atoms with van der Waals surface area (Å²) in [5, 5.41) is 0. The summed E-state index contributed by atoms with van der Waals surface area (Å²) in [6.07, 6.45) is 20.2. The van der Waals surface area contributed by atoms with Crippen LogP contribution in [0.2, 0.25) is 0 Å². The van der Waals surface area contributed by atoms with Gasteiger partial charge in [0.25, 0.3) is 0 Å². The molecule has 0 aromatic carbocycles. The van der Waals surface area contributed by atoms with E-state index in [1.165, 1.54) is 90.4 Å². The number of carbonyl (C=O) groups excluding carboxylic acids is 2. The minimum Gasteiger partial charge on any atom is -0.463 e. The molecule has 0 radical (unpaired) electrons. The molecule has 280 valence electrons. The van der Waals surface area contributed by atoms with Crippen LogP contribution in [0.15, 0.2) is 0 Å². The summed E-state index contributed by atoms with van der Waals surface area (Å²) >= 11 is 0. The Morgan fingerprint density at radius 1 is 0.340 bits per heavy atom. The van der Waals surface area contributed by atoms with Crippen LogP contribution < -0.4 is 0 Å². The molecule has 0 aromatic heterocycles. The van der Waals surface area contributed by atoms with Crippen LogP contribution >= 0.6 is 0 Å². The van der Waals surface area contributed by atoms with Crippen LogP contribution in [0.25, 0.3) is 0 Å². The van der Waals surface area contributed by atoms with E-state index < -0.39 is 0 Å². The van der Waals surface area contributed by atoms with E-state index in [1.54, 1.807) is 0 Å². The highest BCUT2D eigenvalue weighted by Crippen LogP contribution is 2.13. The lowest BCUT2D eigenvalue weighted by molar-refractivity contribution is -0.145. The van der Waals surface area contributed by atoms with Crippen LogP contribution in [0.3, 0.4) is 0 Å². The van der Waals surface area contributed by atoms with E-state index in [4.69, 9.17) is 42.6 Å². The van der Waals surface area contributed by atoms with Crippen molar-refractivity contribution in [3.05, 3.63) is 0 Å². The summed E-state index contributed by atoms with van der Waals surface area (Å²) in [5.41, 5.74) is 0. The Balaban J connectivity index is 3.14. The molecule has 0 amide bonds. The van der Waals surface area contributed by atoms with Crippen molar-refractivity contribution in [2.45, 2.75) is 117 Å². The molecule has 0 rings (SSSR count). The summed E-state index contributed by atoms with van der Waals surface area (Å²) in [5.74, 6) is -0.443. The standard InChI is InChI=1S/C36H70O11/c1-3-4-5-6-7-8-9-10-11-12-13-14-15-16-17-18-36(38)47-34-32-45-30-28-43-26-24-41-22-20-39-19-21-40-23-25-42-27-29-44-31-33-46-35(2)37/h3-34H2,1-2H3. The zero-order valence-corrected chi connectivity index (χ0v) is 30.1. The van der Waals surface area contributed by atoms with E-state index >= 15 is 0 Å². The van der Waals surface area contributed by atoms with Gasteiger partial charge in [-0.15, -0.1) is 0 Å². The molecule has 0 fully saturated rings. The second-order valence-electron chi connectivity index (χ2n) is 11.5. The number of hydrogen-bond acceptors (Lipinski definition) is 11. The van der Waals surface area contributed by atoms with Gasteiger partial charge in [-0.3, -0.25) is 9.59 Å². The molecular weight excluding hydrogens is 608 g/mol. The molecule has 0 aliphatic carbocycles. The highest BCUT2D eigenvalue weighted by molar-refractivity contribution is 5.69. The predicted octanol–water partition coefficient (Wildman–Crippen LogP) is 6.47. The average Bonchev–Trinajstić information content (AvgIpc) is 3.06. The van der Waals surface area contributed by atoms with Gasteiger partial charge in [-0.05, 0) is 6.42 Å². The third-order valence-corrected chi connectivity index (χ3v) is 7.24. The van der Waals surface area contributed by atoms with Crippen molar-refractivity contribution in [1.29, 1.82) is 0 Å². The smallest absolute Gasteiger partial charge is 0.305 e. The molecule has 0 saturated carbocycles. The molecule has 11 nitrogen and oxygen atoms in total. The van der Waals surface area contributed by atoms with Gasteiger partial charge in [0.15, 0.2) is 0 Å². The fourth-order valence-electron chi connectivity index (χ4n) is 4.59. The topological polar surface area (TPSA) is 117 Å². The van der Waals surface area contributed by atoms with Crippen LogP contribution in [-0.4, -0.2) is 118 Å². The van der Waals surface area contributed by atoms with Crippen LogP contribution in [0.4, 0.5) is 0 Å². The van der Waals surface area contributed by atoms with Crippen LogP contribution in [-0.2, 0) is 52.2 Å². The zero-order chi connectivity index (χ0) is 34.1. The van der Waals surface area contributed by atoms with Crippen LogP contribution in [0.1, 0.15) is 117 Å². The summed E-state index contributed by atoms with van der Waals surface area (Å²) < 4.78 is 47.9. The van der Waals surface area contributed by atoms with Crippen molar-refractivity contribution >= 4 is 11.9 Å². The highest BCUT2D eigenvalue weighted by Gasteiger charge is 2.03. The number of carbonyl (C=O) groups is 2. The Labute approximate surface area is 286 Å². The quantitative estimate of drug-likeness (QED) is 0.0524. The van der Waals surface area contributed by atoms with Crippen LogP contribution in [0.5, 0.6) is 0 Å². The zero-order valence-electron chi connectivity index (χ0n) is 30.1. The van der Waals surface area contributed by atoms with Gasteiger partial charge >= 0.3 is 11.9 Å². The number of rotatable bonds is 40. The van der Waals surface area contributed by atoms with Crippen molar-refractivity contribution in [1.82, 2.24) is 0 Å². The first-order valence-corrected chi connectivity index (χ1v) is 18.5. The van der Waals surface area contributed by atoms with E-state index in [0.29, 0.717) is 98.9 Å². The molecule has 11 heteroatoms. The maximum Gasteiger partial charge on any atom is 0.305 e. The average molecular weight is 679 g/mol. The minimum atomic E-state index is -0.310. The van der Waals surface area contributed by atoms with Crippen molar-refractivity contribution in [3.8, 4) is 0 Å². The fourth-order valence-corrected chi connectivity index (χ4v) is 4.59. The van der Waals surface area contributed by atoms with Gasteiger partial charge < -0.3 is 42.6 Å². The molecule has 0 aliphatic rings. The Morgan fingerprint density at radius 2 is 0.596 bits per heavy atom. The molecule has 0 aromatic rings. The summed E-state index contributed by atoms with van der Waals surface area (Å²) in [6, 6.07) is 0. The maximum atomic E-state index is 11.9. The number of hydrogen-bond donors (Lipinski definition) is 0. The predicted molar refractivity (Wildman–Crippen MR) is 183 cm³/mol. The van der Waals surface area contributed by atoms with E-state index in [9.17, 15) is 9.59 Å². The Kier molecular flexibility index (Phi) is 39.7. The van der Waals surface area contributed by atoms with Crippen molar-refractivity contribution < 1.29 is 52.2 Å². The van der Waals surface area contributed by atoms with Crippen molar-refractivity contribution in [2.75, 3.05) is 106 Å². The lowest BCUT2D eigenvalue weighted by atomic mass is 10.0. The third kappa shape index (κ3) is 42.6. The van der Waals surface area contributed by atoms with E-state index in [0.717, 1.165) is 12.8 Å². The molecule has 0 saturated heterocycles. The van der Waals surface area contributed by atoms with Crippen LogP contribution in [0, 0.1) is 0 Å². The van der Waals surface area contributed by atoms with Gasteiger partial charge in [-0.2, -0.15) is 0 Å². The monoisotopic (exact) mass is 678 g/mol. The SMILES string of the molecule is CCCCCCCCCCCCCCCCCC(=O)OCCOCCOCCOCCOCCOCCOCCOCCOC(C)=O. The lowest BCUT2D eigenvalue weighted by Crippen LogP contribution is -2.15. The van der Waals surface area contributed by atoms with E-state index in [-0.39, 0.29) is 25.2 Å². The Bertz CT molecular complexity index is 636. The van der Waals surface area contributed by atoms with Gasteiger partial charge in [-0.25, -0.2) is 0 Å². The third-order valence-electron chi connectivity index (χ3n) is 7.24. The number of ether oxygens (including phenoxy) is 9. The summed E-state index contributed by atoms with van der Waals surface area (Å²) in [4.78, 5) is 22.5. The molecule has 0 bridgehead atoms. The maximum absolute atomic E-state index is 11.9. The summed E-state index contributed by atoms with van der Waals surface area (Å²) in [6.45, 7) is 10.7. The van der Waals surface area contributed by atoms with Crippen molar-refractivity contribution in [2.24, 2.45) is 0 Å². The second-order valence-corrected chi connectivity index (χ2v) is 11.5. The van der Waals surface area contributed by atoms with Gasteiger partial charge in [0, 0.05) is 13.3 Å². The summed E-state index contributed by atoms with van der Waals surface area (Å²) in [7, 11) is 0. The largest absolute Gasteiger partial charge is 0.463 e. The first kappa shape index (κ1) is 45.7.